The van der Waals surface area contributed by atoms with E-state index in [0.717, 1.165) is 0 Å². The quantitative estimate of drug-likeness (QED) is 0.509. The second kappa shape index (κ2) is 7.96. The average Bonchev–Trinajstić information content (AvgIpc) is 2.70. The highest BCUT2D eigenvalue weighted by Gasteiger charge is 2.34. The molecule has 0 spiro atoms. The van der Waals surface area contributed by atoms with Gasteiger partial charge in [0.05, 0.1) is 11.5 Å². The third-order valence-corrected chi connectivity index (χ3v) is 4.74. The molecule has 2 heterocycles. The van der Waals surface area contributed by atoms with Crippen LogP contribution in [0.4, 0.5) is 27.5 Å². The van der Waals surface area contributed by atoms with E-state index >= 15 is 0 Å². The van der Waals surface area contributed by atoms with Crippen LogP contribution >= 0.6 is 11.6 Å². The number of nitrogens with one attached hydrogen (secondary N) is 4. The number of rotatable bonds is 4. The summed E-state index contributed by atoms with van der Waals surface area (Å²) in [4.78, 5) is 44.4. The Hall–Kier alpha value is -3.72. The van der Waals surface area contributed by atoms with E-state index in [1.54, 1.807) is 24.3 Å². The maximum Gasteiger partial charge on any atom is 0.258 e. The van der Waals surface area contributed by atoms with E-state index in [1.807, 2.05) is 0 Å². The van der Waals surface area contributed by atoms with Gasteiger partial charge in [-0.25, -0.2) is 4.39 Å². The number of aromatic nitrogens is 2. The first kappa shape index (κ1) is 19.6. The molecule has 2 amide bonds. The van der Waals surface area contributed by atoms with E-state index in [9.17, 15) is 18.8 Å². The molecular formula is C20H15ClFN5O3. The van der Waals surface area contributed by atoms with E-state index in [1.165, 1.54) is 24.3 Å². The number of hydrogen-bond acceptors (Lipinski definition) is 5. The van der Waals surface area contributed by atoms with Crippen molar-refractivity contribution in [1.82, 2.24) is 9.97 Å². The zero-order chi connectivity index (χ0) is 21.3. The second-order valence-electron chi connectivity index (χ2n) is 6.61. The number of benzene rings is 2. The molecule has 0 fully saturated rings. The van der Waals surface area contributed by atoms with Crippen LogP contribution in [-0.4, -0.2) is 21.8 Å². The van der Waals surface area contributed by atoms with Gasteiger partial charge in [-0.3, -0.25) is 19.4 Å². The minimum atomic E-state index is -1.04. The lowest BCUT2D eigenvalue weighted by Gasteiger charge is -2.23. The molecule has 2 aromatic carbocycles. The molecule has 3 aromatic rings. The van der Waals surface area contributed by atoms with Crippen molar-refractivity contribution < 1.29 is 14.0 Å². The topological polar surface area (TPSA) is 116 Å². The lowest BCUT2D eigenvalue weighted by atomic mass is 9.92. The fourth-order valence-electron chi connectivity index (χ4n) is 3.09. The van der Waals surface area contributed by atoms with Crippen LogP contribution in [-0.2, 0) is 9.59 Å². The third-order valence-electron chi connectivity index (χ3n) is 4.49. The van der Waals surface area contributed by atoms with E-state index in [4.69, 9.17) is 11.6 Å². The van der Waals surface area contributed by atoms with Gasteiger partial charge in [0.15, 0.2) is 0 Å². The molecule has 1 unspecified atom stereocenters. The zero-order valence-corrected chi connectivity index (χ0v) is 16.1. The summed E-state index contributed by atoms with van der Waals surface area (Å²) in [6.45, 7) is 0. The molecule has 30 heavy (non-hydrogen) atoms. The average molecular weight is 428 g/mol. The van der Waals surface area contributed by atoms with Gasteiger partial charge in [-0.15, -0.1) is 0 Å². The van der Waals surface area contributed by atoms with Crippen LogP contribution in [0.3, 0.4) is 0 Å². The Morgan fingerprint density at radius 2 is 1.73 bits per heavy atom. The molecule has 0 radical (unpaired) electrons. The predicted molar refractivity (Wildman–Crippen MR) is 111 cm³/mol. The maximum absolute atomic E-state index is 13.1. The largest absolute Gasteiger partial charge is 0.326 e. The van der Waals surface area contributed by atoms with Gasteiger partial charge in [0, 0.05) is 22.8 Å². The first-order valence-electron chi connectivity index (χ1n) is 8.92. The smallest absolute Gasteiger partial charge is 0.258 e. The van der Waals surface area contributed by atoms with Gasteiger partial charge in [-0.05, 0) is 48.5 Å². The Kier molecular flexibility index (Phi) is 5.20. The number of H-pyrrole nitrogens is 1. The standard InChI is InChI=1S/C20H15ClFN5O3/c21-10-1-5-13(6-2-10)24-20-26-17-16(19(30)27-20)14(9-15(28)25-17)18(29)23-12-7-3-11(22)4-8-12/h1-8,14H,9H2,(H,23,29)(H3,24,25,26,27,28,30). The molecule has 1 aliphatic rings. The Bertz CT molecular complexity index is 1180. The lowest BCUT2D eigenvalue weighted by Crippen LogP contribution is -2.36. The summed E-state index contributed by atoms with van der Waals surface area (Å²) in [5.41, 5.74) is 0.459. The predicted octanol–water partition coefficient (Wildman–Crippen LogP) is 3.37. The highest BCUT2D eigenvalue weighted by atomic mass is 35.5. The Balaban J connectivity index is 1.62. The Labute approximate surface area is 174 Å². The number of aromatic amines is 1. The zero-order valence-electron chi connectivity index (χ0n) is 15.3. The van der Waals surface area contributed by atoms with Crippen LogP contribution in [0.5, 0.6) is 0 Å². The van der Waals surface area contributed by atoms with Crippen LogP contribution in [0, 0.1) is 5.82 Å². The van der Waals surface area contributed by atoms with Gasteiger partial charge >= 0.3 is 0 Å². The molecular weight excluding hydrogens is 413 g/mol. The first-order chi connectivity index (χ1) is 14.4. The molecule has 152 valence electrons. The molecule has 4 N–H and O–H groups in total. The summed E-state index contributed by atoms with van der Waals surface area (Å²) in [7, 11) is 0. The summed E-state index contributed by atoms with van der Waals surface area (Å²) in [6.07, 6.45) is -0.214. The number of nitrogens with zero attached hydrogens (tertiary/aromatic N) is 1. The normalized spacial score (nSPS) is 15.1. The number of fused-ring (bicyclic) bond motifs is 1. The van der Waals surface area contributed by atoms with Crippen molar-refractivity contribution in [1.29, 1.82) is 0 Å². The van der Waals surface area contributed by atoms with E-state index < -0.39 is 29.1 Å². The molecule has 1 atom stereocenters. The van der Waals surface area contributed by atoms with Gasteiger partial charge in [0.1, 0.15) is 11.6 Å². The summed E-state index contributed by atoms with van der Waals surface area (Å²) in [5.74, 6) is -2.40. The SMILES string of the molecule is O=C1CC(C(=O)Nc2ccc(F)cc2)c2c(nc(Nc3ccc(Cl)cc3)[nH]c2=O)N1. The van der Waals surface area contributed by atoms with Gasteiger partial charge in [0.25, 0.3) is 5.56 Å². The number of halogens is 2. The number of hydrogen-bond donors (Lipinski definition) is 4. The van der Waals surface area contributed by atoms with Gasteiger partial charge < -0.3 is 16.0 Å². The molecule has 0 aliphatic carbocycles. The van der Waals surface area contributed by atoms with Crippen LogP contribution in [0.15, 0.2) is 53.3 Å². The van der Waals surface area contributed by atoms with Crippen molar-refractivity contribution in [3.8, 4) is 0 Å². The Morgan fingerprint density at radius 1 is 1.07 bits per heavy atom. The Morgan fingerprint density at radius 3 is 2.43 bits per heavy atom. The fraction of sp³-hybridized carbons (Fsp3) is 0.100. The highest BCUT2D eigenvalue weighted by Crippen LogP contribution is 2.30. The molecule has 10 heteroatoms. The van der Waals surface area contributed by atoms with Gasteiger partial charge in [-0.1, -0.05) is 11.6 Å². The summed E-state index contributed by atoms with van der Waals surface area (Å²) in [6, 6.07) is 11.9. The lowest BCUT2D eigenvalue weighted by molar-refractivity contribution is -0.123. The van der Waals surface area contributed by atoms with Crippen LogP contribution < -0.4 is 21.5 Å². The van der Waals surface area contributed by atoms with Crippen molar-refractivity contribution in [2.24, 2.45) is 0 Å². The summed E-state index contributed by atoms with van der Waals surface area (Å²) in [5, 5.41) is 8.59. The highest BCUT2D eigenvalue weighted by molar-refractivity contribution is 6.30. The van der Waals surface area contributed by atoms with E-state index in [2.05, 4.69) is 25.9 Å². The monoisotopic (exact) mass is 427 g/mol. The molecule has 1 aromatic heterocycles. The number of anilines is 4. The number of carbonyl (C=O) groups is 2. The molecule has 0 saturated heterocycles. The van der Waals surface area contributed by atoms with E-state index in [-0.39, 0.29) is 23.8 Å². The maximum atomic E-state index is 13.1. The van der Waals surface area contributed by atoms with Crippen molar-refractivity contribution in [2.75, 3.05) is 16.0 Å². The summed E-state index contributed by atoms with van der Waals surface area (Å²) < 4.78 is 13.1. The third kappa shape index (κ3) is 4.15. The van der Waals surface area contributed by atoms with Crippen molar-refractivity contribution >= 4 is 46.6 Å². The van der Waals surface area contributed by atoms with Crippen LogP contribution in [0.2, 0.25) is 5.02 Å². The molecule has 1 aliphatic heterocycles. The van der Waals surface area contributed by atoms with E-state index in [0.29, 0.717) is 16.4 Å². The second-order valence-corrected chi connectivity index (χ2v) is 7.05. The number of amides is 2. The van der Waals surface area contributed by atoms with Gasteiger partial charge in [-0.2, -0.15) is 4.98 Å². The molecule has 0 bridgehead atoms. The van der Waals surface area contributed by atoms with Gasteiger partial charge in [0.2, 0.25) is 17.8 Å². The van der Waals surface area contributed by atoms with Crippen LogP contribution in [0.25, 0.3) is 0 Å². The number of carbonyl (C=O) groups excluding carboxylic acids is 2. The van der Waals surface area contributed by atoms with Crippen molar-refractivity contribution in [3.05, 3.63) is 75.3 Å². The molecule has 4 rings (SSSR count). The molecule has 8 nitrogen and oxygen atoms in total. The van der Waals surface area contributed by atoms with Crippen molar-refractivity contribution in [3.63, 3.8) is 0 Å². The minimum Gasteiger partial charge on any atom is -0.326 e. The van der Waals surface area contributed by atoms with Crippen molar-refractivity contribution in [2.45, 2.75) is 12.3 Å². The minimum absolute atomic E-state index is 0.00530. The molecule has 0 saturated carbocycles. The first-order valence-corrected chi connectivity index (χ1v) is 9.30. The summed E-state index contributed by atoms with van der Waals surface area (Å²) >= 11 is 5.86. The fourth-order valence-corrected chi connectivity index (χ4v) is 3.21. The van der Waals surface area contributed by atoms with Crippen LogP contribution in [0.1, 0.15) is 17.9 Å².